The molecule has 1 N–H and O–H groups in total. The third-order valence-corrected chi connectivity index (χ3v) is 2.90. The number of hydrogen-bond donors (Lipinski definition) is 1. The second kappa shape index (κ2) is 14.3. The van der Waals surface area contributed by atoms with Gasteiger partial charge < -0.3 is 21.8 Å². The van der Waals surface area contributed by atoms with E-state index < -0.39 is 11.6 Å². The predicted octanol–water partition coefficient (Wildman–Crippen LogP) is 4.43. The van der Waals surface area contributed by atoms with E-state index in [4.69, 9.17) is 17.1 Å². The summed E-state index contributed by atoms with van der Waals surface area (Å²) in [6.07, 6.45) is 2.30. The zero-order chi connectivity index (χ0) is 19.2. The zero-order valence-electron chi connectivity index (χ0n) is 14.0. The van der Waals surface area contributed by atoms with Crippen molar-refractivity contribution >= 4 is 6.72 Å². The number of pyridine rings is 1. The summed E-state index contributed by atoms with van der Waals surface area (Å²) >= 11 is 0. The van der Waals surface area contributed by atoms with Gasteiger partial charge in [-0.15, -0.1) is 12.1 Å². The van der Waals surface area contributed by atoms with E-state index in [1.807, 2.05) is 30.3 Å². The molecule has 1 radical (unpaired) electrons. The largest absolute Gasteiger partial charge is 0.502 e. The van der Waals surface area contributed by atoms with E-state index in [0.717, 1.165) is 24.0 Å². The van der Waals surface area contributed by atoms with E-state index in [-0.39, 0.29) is 25.7 Å². The van der Waals surface area contributed by atoms with Crippen molar-refractivity contribution in [3.8, 4) is 17.5 Å². The Bertz CT molecular complexity index is 841. The standard InChI is InChI=1S/C11H6F2N.C8H8N.CHNO.Ir/c12-8-4-5-9(10(13)7-8)11-3-1-2-6-14-11;1-9-7-8-5-3-2-4-6-8;2-1-3;/h1-4,6-7H;1-6H,7H2;3H;/q2*-1;;. The molecule has 1 heterocycles. The summed E-state index contributed by atoms with van der Waals surface area (Å²) in [5.74, 6) is -1.29. The molecular weight excluding hydrogens is 528 g/mol. The first kappa shape index (κ1) is 24.1. The zero-order valence-corrected chi connectivity index (χ0v) is 16.4. The third kappa shape index (κ3) is 9.36. The fraction of sp³-hybridized carbons (Fsp3) is 0.0500. The van der Waals surface area contributed by atoms with Crippen LogP contribution in [0.15, 0.2) is 71.9 Å². The molecule has 3 aromatic rings. The maximum absolute atomic E-state index is 13.2. The molecular formula is C20H15F2IrN3O-2. The first-order valence-corrected chi connectivity index (χ1v) is 7.34. The quantitative estimate of drug-likeness (QED) is 0.302. The molecule has 0 amide bonds. The fourth-order valence-corrected chi connectivity index (χ4v) is 1.84. The Balaban J connectivity index is 0.000000452. The second-order valence-electron chi connectivity index (χ2n) is 4.68. The van der Waals surface area contributed by atoms with Crippen LogP contribution in [0.4, 0.5) is 8.78 Å². The van der Waals surface area contributed by atoms with Gasteiger partial charge in [0.15, 0.2) is 0 Å². The maximum atomic E-state index is 13.2. The number of aliphatic hydroxyl groups excluding tert-OH is 1. The molecule has 0 aliphatic rings. The Kier molecular flexibility index (Phi) is 12.7. The monoisotopic (exact) mass is 544 g/mol. The SMILES string of the molecule is Fc1c[c-]c(-c2ccccn2)c(F)c1.N#CO.[CH-]=NCc1ccccc1.[Ir]. The van der Waals surface area contributed by atoms with Gasteiger partial charge in [-0.1, -0.05) is 54.1 Å². The molecule has 2 aromatic carbocycles. The van der Waals surface area contributed by atoms with E-state index in [2.05, 4.69) is 16.0 Å². The number of nitriles is 1. The molecule has 0 aliphatic carbocycles. The Labute approximate surface area is 170 Å². The normalized spacial score (nSPS) is 8.48. The van der Waals surface area contributed by atoms with Gasteiger partial charge in [-0.3, -0.25) is 8.78 Å². The summed E-state index contributed by atoms with van der Waals surface area (Å²) in [6.45, 7) is 5.60. The van der Waals surface area contributed by atoms with Crippen LogP contribution in [0, 0.1) is 29.2 Å². The predicted molar refractivity (Wildman–Crippen MR) is 94.6 cm³/mol. The average molecular weight is 544 g/mol. The molecule has 0 saturated carbocycles. The number of halogens is 2. The molecule has 0 saturated heterocycles. The van der Waals surface area contributed by atoms with E-state index in [0.29, 0.717) is 12.2 Å². The van der Waals surface area contributed by atoms with Crippen molar-refractivity contribution in [3.05, 3.63) is 90.1 Å². The van der Waals surface area contributed by atoms with Crippen molar-refractivity contribution in [3.63, 3.8) is 0 Å². The van der Waals surface area contributed by atoms with E-state index in [9.17, 15) is 8.78 Å². The molecule has 141 valence electrons. The topological polar surface area (TPSA) is 69.3 Å². The number of rotatable bonds is 3. The van der Waals surface area contributed by atoms with Crippen molar-refractivity contribution in [2.75, 3.05) is 0 Å². The Hall–Kier alpha value is -2.94. The van der Waals surface area contributed by atoms with Gasteiger partial charge in [0.05, 0.1) is 0 Å². The molecule has 0 unspecified atom stereocenters. The Morgan fingerprint density at radius 3 is 2.30 bits per heavy atom. The number of hydrogen-bond acceptors (Lipinski definition) is 4. The molecule has 0 bridgehead atoms. The molecule has 7 heteroatoms. The number of aromatic nitrogens is 1. The van der Waals surface area contributed by atoms with Crippen LogP contribution in [-0.4, -0.2) is 16.8 Å². The van der Waals surface area contributed by atoms with Gasteiger partial charge in [0.25, 0.3) is 6.26 Å². The van der Waals surface area contributed by atoms with E-state index >= 15 is 0 Å². The number of aliphatic imine (C=N–C) groups is 1. The molecule has 1 aromatic heterocycles. The smallest absolute Gasteiger partial charge is 0.283 e. The van der Waals surface area contributed by atoms with Crippen molar-refractivity contribution < 1.29 is 34.0 Å². The van der Waals surface area contributed by atoms with Crippen molar-refractivity contribution in [1.82, 2.24) is 4.98 Å². The van der Waals surface area contributed by atoms with Crippen LogP contribution >= 0.6 is 0 Å². The van der Waals surface area contributed by atoms with E-state index in [1.165, 1.54) is 0 Å². The molecule has 3 rings (SSSR count). The summed E-state index contributed by atoms with van der Waals surface area (Å²) < 4.78 is 25.8. The summed E-state index contributed by atoms with van der Waals surface area (Å²) in [7, 11) is 0. The summed E-state index contributed by atoms with van der Waals surface area (Å²) in [4.78, 5) is 7.45. The van der Waals surface area contributed by atoms with Crippen molar-refractivity contribution in [2.45, 2.75) is 6.54 Å². The molecule has 4 nitrogen and oxygen atoms in total. The summed E-state index contributed by atoms with van der Waals surface area (Å²) in [5, 5.41) is 13.8. The second-order valence-corrected chi connectivity index (χ2v) is 4.68. The van der Waals surface area contributed by atoms with Gasteiger partial charge in [0.1, 0.15) is 0 Å². The number of nitrogens with zero attached hydrogens (tertiary/aromatic N) is 3. The molecule has 0 aliphatic heterocycles. The first-order valence-electron chi connectivity index (χ1n) is 7.34. The Morgan fingerprint density at radius 2 is 1.78 bits per heavy atom. The minimum atomic E-state index is -0.649. The van der Waals surface area contributed by atoms with Gasteiger partial charge in [-0.2, -0.15) is 5.26 Å². The van der Waals surface area contributed by atoms with Gasteiger partial charge in [0, 0.05) is 44.5 Å². The maximum Gasteiger partial charge on any atom is 0.283 e. The number of aliphatic hydroxyl groups is 1. The fourth-order valence-electron chi connectivity index (χ4n) is 1.84. The Morgan fingerprint density at radius 1 is 1.15 bits per heavy atom. The summed E-state index contributed by atoms with van der Waals surface area (Å²) in [6, 6.07) is 19.4. The summed E-state index contributed by atoms with van der Waals surface area (Å²) in [5.41, 5.74) is 1.79. The minimum Gasteiger partial charge on any atom is -0.502 e. The van der Waals surface area contributed by atoms with Crippen LogP contribution < -0.4 is 0 Å². The van der Waals surface area contributed by atoms with Gasteiger partial charge in [-0.05, 0) is 17.3 Å². The molecule has 27 heavy (non-hydrogen) atoms. The van der Waals surface area contributed by atoms with Crippen LogP contribution in [0.5, 0.6) is 0 Å². The van der Waals surface area contributed by atoms with Crippen LogP contribution in [0.25, 0.3) is 11.3 Å². The first-order chi connectivity index (χ1) is 12.6. The third-order valence-electron chi connectivity index (χ3n) is 2.90. The van der Waals surface area contributed by atoms with Crippen molar-refractivity contribution in [2.24, 2.45) is 4.99 Å². The molecule has 0 spiro atoms. The van der Waals surface area contributed by atoms with Crippen LogP contribution in [0.2, 0.25) is 0 Å². The molecule has 0 atom stereocenters. The van der Waals surface area contributed by atoms with Crippen molar-refractivity contribution in [1.29, 1.82) is 5.26 Å². The average Bonchev–Trinajstić information content (AvgIpc) is 2.65. The van der Waals surface area contributed by atoms with Crippen LogP contribution in [0.1, 0.15) is 5.56 Å². The van der Waals surface area contributed by atoms with Gasteiger partial charge >= 0.3 is 0 Å². The van der Waals surface area contributed by atoms with Gasteiger partial charge in [0.2, 0.25) is 0 Å². The molecule has 0 fully saturated rings. The van der Waals surface area contributed by atoms with Crippen LogP contribution in [0.3, 0.4) is 0 Å². The van der Waals surface area contributed by atoms with E-state index in [1.54, 1.807) is 24.4 Å². The number of benzene rings is 2. The van der Waals surface area contributed by atoms with Crippen LogP contribution in [-0.2, 0) is 26.7 Å². The minimum absolute atomic E-state index is 0. The van der Waals surface area contributed by atoms with Gasteiger partial charge in [-0.25, -0.2) is 0 Å².